The average molecular weight is 437 g/mol. The van der Waals surface area contributed by atoms with Gasteiger partial charge in [-0.05, 0) is 75.0 Å². The predicted molar refractivity (Wildman–Crippen MR) is 127 cm³/mol. The van der Waals surface area contributed by atoms with E-state index in [-0.39, 0.29) is 6.29 Å². The highest BCUT2D eigenvalue weighted by molar-refractivity contribution is 5.72. The molecule has 0 amide bonds. The van der Waals surface area contributed by atoms with Gasteiger partial charge in [-0.3, -0.25) is 0 Å². The molecule has 4 atom stereocenters. The molecule has 4 nitrogen and oxygen atoms in total. The van der Waals surface area contributed by atoms with E-state index in [0.717, 1.165) is 43.9 Å². The van der Waals surface area contributed by atoms with Crippen molar-refractivity contribution in [2.75, 3.05) is 6.61 Å². The fourth-order valence-electron chi connectivity index (χ4n) is 5.16. The fraction of sp³-hybridized carbons (Fsp3) is 0.889. The molecule has 1 aliphatic heterocycles. The lowest BCUT2D eigenvalue weighted by Gasteiger charge is -2.26. The maximum absolute atomic E-state index is 11.5. The summed E-state index contributed by atoms with van der Waals surface area (Å²) < 4.78 is 11.3. The van der Waals surface area contributed by atoms with E-state index >= 15 is 0 Å². The van der Waals surface area contributed by atoms with Gasteiger partial charge in [0.2, 0.25) is 0 Å². The molecule has 2 rings (SSSR count). The van der Waals surface area contributed by atoms with Crippen molar-refractivity contribution >= 4 is 5.97 Å². The van der Waals surface area contributed by atoms with Crippen LogP contribution in [0.25, 0.3) is 0 Å². The summed E-state index contributed by atoms with van der Waals surface area (Å²) in [6, 6.07) is 0. The van der Waals surface area contributed by atoms with Crippen molar-refractivity contribution in [2.45, 2.75) is 129 Å². The molecular weight excluding hydrogens is 388 g/mol. The first-order valence-electron chi connectivity index (χ1n) is 13.1. The molecule has 0 aromatic rings. The molecule has 1 aliphatic carbocycles. The smallest absolute Gasteiger partial charge is 0.332 e. The Hall–Kier alpha value is -0.870. The van der Waals surface area contributed by atoms with Crippen molar-refractivity contribution in [3.05, 3.63) is 12.2 Å². The summed E-state index contributed by atoms with van der Waals surface area (Å²) in [4.78, 5) is 11.5. The monoisotopic (exact) mass is 436 g/mol. The van der Waals surface area contributed by atoms with Gasteiger partial charge < -0.3 is 14.6 Å². The molecule has 2 aliphatic rings. The number of hydrogen-bond donors (Lipinski definition) is 1. The molecule has 1 saturated carbocycles. The fourth-order valence-corrected chi connectivity index (χ4v) is 5.16. The summed E-state index contributed by atoms with van der Waals surface area (Å²) in [6.07, 6.45) is 21.1. The molecule has 2 unspecified atom stereocenters. The highest BCUT2D eigenvalue weighted by Crippen LogP contribution is 2.37. The van der Waals surface area contributed by atoms with E-state index in [9.17, 15) is 9.90 Å². The number of carboxylic acid groups (broad SMARTS) is 1. The standard InChI is InChI=1S/C27H48O4/c1-4-5-19-27(2,3)20-12-16-23-15-11-14-22(23)13-7-6-8-17-24(26(28)29)31-25-18-9-10-21-30-25/h12,16,22-25H,4-11,13-15,17-21H2,1-3H3,(H,28,29)/t22-,23+,24?,25?/m0/s1. The Morgan fingerprint density at radius 3 is 2.68 bits per heavy atom. The summed E-state index contributed by atoms with van der Waals surface area (Å²) in [7, 11) is 0. The molecule has 0 aromatic carbocycles. The Morgan fingerprint density at radius 1 is 1.13 bits per heavy atom. The highest BCUT2D eigenvalue weighted by Gasteiger charge is 2.26. The predicted octanol–water partition coefficient (Wildman–Crippen LogP) is 7.51. The first-order valence-corrected chi connectivity index (χ1v) is 13.1. The van der Waals surface area contributed by atoms with Gasteiger partial charge in [0.05, 0.1) is 0 Å². The summed E-state index contributed by atoms with van der Waals surface area (Å²) in [5, 5.41) is 9.47. The minimum absolute atomic E-state index is 0.326. The molecule has 180 valence electrons. The van der Waals surface area contributed by atoms with Gasteiger partial charge >= 0.3 is 5.97 Å². The van der Waals surface area contributed by atoms with Crippen LogP contribution in [0.2, 0.25) is 0 Å². The van der Waals surface area contributed by atoms with Crippen LogP contribution in [0, 0.1) is 17.3 Å². The Labute approximate surface area is 191 Å². The summed E-state index contributed by atoms with van der Waals surface area (Å²) in [5.74, 6) is 0.717. The largest absolute Gasteiger partial charge is 0.479 e. The molecule has 2 fully saturated rings. The molecule has 31 heavy (non-hydrogen) atoms. The lowest BCUT2D eigenvalue weighted by Crippen LogP contribution is -2.32. The Balaban J connectivity index is 1.63. The first-order chi connectivity index (χ1) is 14.9. The van der Waals surface area contributed by atoms with Crippen LogP contribution in [-0.2, 0) is 14.3 Å². The second-order valence-electron chi connectivity index (χ2n) is 10.7. The minimum Gasteiger partial charge on any atom is -0.479 e. The molecule has 1 heterocycles. The van der Waals surface area contributed by atoms with Gasteiger partial charge in [-0.25, -0.2) is 4.79 Å². The highest BCUT2D eigenvalue weighted by atomic mass is 16.7. The lowest BCUT2D eigenvalue weighted by molar-refractivity contribution is -0.201. The third-order valence-electron chi connectivity index (χ3n) is 7.25. The van der Waals surface area contributed by atoms with Gasteiger partial charge in [0.15, 0.2) is 12.4 Å². The molecule has 1 N–H and O–H groups in total. The molecular formula is C27H48O4. The molecule has 0 spiro atoms. The van der Waals surface area contributed by atoms with E-state index in [1.54, 1.807) is 0 Å². The number of carboxylic acids is 1. The zero-order valence-corrected chi connectivity index (χ0v) is 20.4. The van der Waals surface area contributed by atoms with E-state index < -0.39 is 12.1 Å². The van der Waals surface area contributed by atoms with Crippen molar-refractivity contribution in [2.24, 2.45) is 17.3 Å². The second kappa shape index (κ2) is 14.3. The van der Waals surface area contributed by atoms with Crippen molar-refractivity contribution in [3.63, 3.8) is 0 Å². The van der Waals surface area contributed by atoms with E-state index in [2.05, 4.69) is 32.9 Å². The van der Waals surface area contributed by atoms with E-state index in [0.29, 0.717) is 18.4 Å². The third-order valence-corrected chi connectivity index (χ3v) is 7.25. The Kier molecular flexibility index (Phi) is 12.2. The minimum atomic E-state index is -0.850. The second-order valence-corrected chi connectivity index (χ2v) is 10.7. The van der Waals surface area contributed by atoms with Crippen LogP contribution < -0.4 is 0 Å². The number of allylic oxidation sites excluding steroid dienone is 2. The van der Waals surface area contributed by atoms with Crippen molar-refractivity contribution in [3.8, 4) is 0 Å². The maximum Gasteiger partial charge on any atom is 0.332 e. The van der Waals surface area contributed by atoms with Crippen LogP contribution in [0.15, 0.2) is 12.2 Å². The van der Waals surface area contributed by atoms with Gasteiger partial charge in [0.25, 0.3) is 0 Å². The quantitative estimate of drug-likeness (QED) is 0.213. The number of aliphatic carboxylic acids is 1. The van der Waals surface area contributed by atoms with Crippen molar-refractivity contribution in [1.29, 1.82) is 0 Å². The molecule has 0 bridgehead atoms. The summed E-state index contributed by atoms with van der Waals surface area (Å²) in [6.45, 7) is 7.75. The molecule has 1 saturated heterocycles. The van der Waals surface area contributed by atoms with Gasteiger partial charge in [-0.15, -0.1) is 0 Å². The number of rotatable bonds is 15. The first kappa shape index (κ1) is 26.4. The molecule has 0 aromatic heterocycles. The summed E-state index contributed by atoms with van der Waals surface area (Å²) >= 11 is 0. The Morgan fingerprint density at radius 2 is 1.97 bits per heavy atom. The molecule has 4 heteroatoms. The number of carbonyl (C=O) groups is 1. The van der Waals surface area contributed by atoms with Gasteiger partial charge in [-0.1, -0.05) is 71.4 Å². The zero-order chi connectivity index (χ0) is 22.5. The van der Waals surface area contributed by atoms with Gasteiger partial charge in [0, 0.05) is 6.61 Å². The zero-order valence-electron chi connectivity index (χ0n) is 20.4. The van der Waals surface area contributed by atoms with Crippen LogP contribution in [0.5, 0.6) is 0 Å². The van der Waals surface area contributed by atoms with Crippen LogP contribution in [-0.4, -0.2) is 30.1 Å². The number of unbranched alkanes of at least 4 members (excludes halogenated alkanes) is 3. The topological polar surface area (TPSA) is 55.8 Å². The van der Waals surface area contributed by atoms with E-state index in [1.165, 1.54) is 57.8 Å². The SMILES string of the molecule is CCCCC(C)(C)CC=C[C@H]1CCC[C@@H]1CCCCCC(OC1CCCCO1)C(=O)O. The lowest BCUT2D eigenvalue weighted by atomic mass is 9.83. The van der Waals surface area contributed by atoms with Crippen molar-refractivity contribution < 1.29 is 19.4 Å². The van der Waals surface area contributed by atoms with E-state index in [1.807, 2.05) is 0 Å². The number of hydrogen-bond acceptors (Lipinski definition) is 3. The van der Waals surface area contributed by atoms with Gasteiger partial charge in [0.1, 0.15) is 0 Å². The Bertz CT molecular complexity index is 521. The third kappa shape index (κ3) is 10.5. The van der Waals surface area contributed by atoms with Crippen molar-refractivity contribution in [1.82, 2.24) is 0 Å². The van der Waals surface area contributed by atoms with Crippen LogP contribution in [0.1, 0.15) is 117 Å². The number of ether oxygens (including phenoxy) is 2. The van der Waals surface area contributed by atoms with Gasteiger partial charge in [-0.2, -0.15) is 0 Å². The van der Waals surface area contributed by atoms with Crippen LogP contribution in [0.4, 0.5) is 0 Å². The average Bonchev–Trinajstić information content (AvgIpc) is 3.19. The maximum atomic E-state index is 11.5. The normalized spacial score (nSPS) is 25.8. The van der Waals surface area contributed by atoms with E-state index in [4.69, 9.17) is 9.47 Å². The molecule has 0 radical (unpaired) electrons. The summed E-state index contributed by atoms with van der Waals surface area (Å²) in [5.41, 5.74) is 0.423. The van der Waals surface area contributed by atoms with Crippen LogP contribution >= 0.6 is 0 Å². The van der Waals surface area contributed by atoms with Crippen LogP contribution in [0.3, 0.4) is 0 Å².